The van der Waals surface area contributed by atoms with Crippen LogP contribution in [0.5, 0.6) is 0 Å². The molecule has 36 heavy (non-hydrogen) atoms. The maximum absolute atomic E-state index is 13.3. The zero-order valence-electron chi connectivity index (χ0n) is 23.2. The van der Waals surface area contributed by atoms with Gasteiger partial charge in [0.05, 0.1) is 36.7 Å². The lowest BCUT2D eigenvalue weighted by atomic mass is 9.79. The maximum atomic E-state index is 13.3. The number of carboxylic acid groups (broad SMARTS) is 1. The van der Waals surface area contributed by atoms with Crippen LogP contribution in [0.4, 0.5) is 0 Å². The van der Waals surface area contributed by atoms with Gasteiger partial charge in [0.15, 0.2) is 0 Å². The molecule has 1 rings (SSSR count). The van der Waals surface area contributed by atoms with Gasteiger partial charge in [0.2, 0.25) is 0 Å². The Labute approximate surface area is 215 Å². The third kappa shape index (κ3) is 10.4. The third-order valence-electron chi connectivity index (χ3n) is 6.49. The molecule has 0 aromatic heterocycles. The van der Waals surface area contributed by atoms with Gasteiger partial charge in [0, 0.05) is 8.07 Å². The molecule has 6 unspecified atom stereocenters. The van der Waals surface area contributed by atoms with Gasteiger partial charge in [-0.2, -0.15) is 0 Å². The van der Waals surface area contributed by atoms with Crippen LogP contribution in [0.3, 0.4) is 0 Å². The lowest BCUT2D eigenvalue weighted by Gasteiger charge is -2.32. The molecule has 0 amide bonds. The van der Waals surface area contributed by atoms with Gasteiger partial charge in [0.1, 0.15) is 5.60 Å². The lowest BCUT2D eigenvalue weighted by molar-refractivity contribution is -0.162. The van der Waals surface area contributed by atoms with Gasteiger partial charge in [-0.05, 0) is 52.4 Å². The van der Waals surface area contributed by atoms with E-state index >= 15 is 0 Å². The van der Waals surface area contributed by atoms with Gasteiger partial charge >= 0.3 is 29.8 Å². The van der Waals surface area contributed by atoms with Crippen molar-refractivity contribution >= 4 is 37.9 Å². The number of ether oxygens (including phenoxy) is 3. The summed E-state index contributed by atoms with van der Waals surface area (Å²) in [6, 6.07) is 0.797. The minimum atomic E-state index is -1.67. The van der Waals surface area contributed by atoms with Gasteiger partial charge in [0.25, 0.3) is 0 Å². The van der Waals surface area contributed by atoms with E-state index < -0.39 is 73.1 Å². The summed E-state index contributed by atoms with van der Waals surface area (Å²) in [6.07, 6.45) is 0.841. The summed E-state index contributed by atoms with van der Waals surface area (Å²) in [5.74, 6) is -6.69. The Kier molecular flexibility index (Phi) is 11.3. The standard InChI is InChI=1S/C26H44O9Si/c1-15(21(27)28)10-18(23(30)33-6)13-19(24(31)35-26(3,4)5)11-17(14-36(7,8)9)12-20-16(2)22(29)34-25(20)32/h15-20H,10-14H2,1-9H3,(H,27,28). The zero-order chi connectivity index (χ0) is 28.0. The fourth-order valence-corrected chi connectivity index (χ4v) is 6.89. The first kappa shape index (κ1) is 31.8. The smallest absolute Gasteiger partial charge is 0.317 e. The average molecular weight is 529 g/mol. The van der Waals surface area contributed by atoms with Crippen LogP contribution in [0.25, 0.3) is 0 Å². The van der Waals surface area contributed by atoms with Crippen molar-refractivity contribution in [2.45, 2.75) is 91.6 Å². The van der Waals surface area contributed by atoms with Crippen molar-refractivity contribution in [3.05, 3.63) is 0 Å². The molecule has 0 aliphatic carbocycles. The Morgan fingerprint density at radius 3 is 1.97 bits per heavy atom. The van der Waals surface area contributed by atoms with E-state index in [1.165, 1.54) is 14.0 Å². The molecule has 1 N–H and O–H groups in total. The predicted octanol–water partition coefficient (Wildman–Crippen LogP) is 4.30. The van der Waals surface area contributed by atoms with E-state index in [0.717, 1.165) is 6.04 Å². The maximum Gasteiger partial charge on any atom is 0.317 e. The van der Waals surface area contributed by atoms with Crippen LogP contribution >= 0.6 is 0 Å². The Bertz CT molecular complexity index is 824. The van der Waals surface area contributed by atoms with Crippen LogP contribution in [0.2, 0.25) is 25.7 Å². The number of cyclic esters (lactones) is 2. The van der Waals surface area contributed by atoms with Crippen molar-refractivity contribution in [3.63, 3.8) is 0 Å². The van der Waals surface area contributed by atoms with E-state index in [2.05, 4.69) is 19.6 Å². The second-order valence-corrected chi connectivity index (χ2v) is 17.9. The van der Waals surface area contributed by atoms with Crippen molar-refractivity contribution in [2.24, 2.45) is 35.5 Å². The minimum Gasteiger partial charge on any atom is -0.481 e. The van der Waals surface area contributed by atoms with Gasteiger partial charge < -0.3 is 19.3 Å². The number of aliphatic carboxylic acids is 1. The second-order valence-electron chi connectivity index (χ2n) is 12.4. The summed E-state index contributed by atoms with van der Waals surface area (Å²) in [7, 11) is -0.432. The Hall–Kier alpha value is -2.23. The van der Waals surface area contributed by atoms with Crippen LogP contribution in [0.15, 0.2) is 0 Å². The first-order chi connectivity index (χ1) is 16.3. The molecule has 1 saturated heterocycles. The lowest BCUT2D eigenvalue weighted by Crippen LogP contribution is -2.35. The fourth-order valence-electron chi connectivity index (χ4n) is 4.83. The number of esters is 4. The largest absolute Gasteiger partial charge is 0.481 e. The molecule has 6 atom stereocenters. The summed E-state index contributed by atoms with van der Waals surface area (Å²) in [4.78, 5) is 61.7. The molecule has 1 heterocycles. The highest BCUT2D eigenvalue weighted by Crippen LogP contribution is 2.38. The van der Waals surface area contributed by atoms with E-state index in [-0.39, 0.29) is 18.8 Å². The van der Waals surface area contributed by atoms with Crippen LogP contribution in [-0.4, -0.2) is 55.7 Å². The molecule has 1 aliphatic rings. The van der Waals surface area contributed by atoms with Crippen molar-refractivity contribution in [1.82, 2.24) is 0 Å². The molecule has 1 fully saturated rings. The molecular weight excluding hydrogens is 484 g/mol. The number of carbonyl (C=O) groups excluding carboxylic acids is 4. The van der Waals surface area contributed by atoms with Crippen LogP contribution in [-0.2, 0) is 38.2 Å². The van der Waals surface area contributed by atoms with Crippen LogP contribution in [0.1, 0.15) is 60.3 Å². The summed E-state index contributed by atoms with van der Waals surface area (Å²) in [5, 5.41) is 9.37. The molecule has 0 aromatic carbocycles. The monoisotopic (exact) mass is 528 g/mol. The highest BCUT2D eigenvalue weighted by Gasteiger charge is 2.44. The number of hydrogen-bond donors (Lipinski definition) is 1. The highest BCUT2D eigenvalue weighted by atomic mass is 28.3. The Morgan fingerprint density at radius 1 is 1.00 bits per heavy atom. The molecule has 0 radical (unpaired) electrons. The molecule has 206 valence electrons. The van der Waals surface area contributed by atoms with E-state index in [9.17, 15) is 29.1 Å². The second kappa shape index (κ2) is 12.8. The van der Waals surface area contributed by atoms with E-state index in [1.54, 1.807) is 27.7 Å². The van der Waals surface area contributed by atoms with Crippen molar-refractivity contribution in [1.29, 1.82) is 0 Å². The zero-order valence-corrected chi connectivity index (χ0v) is 24.2. The van der Waals surface area contributed by atoms with Crippen LogP contribution < -0.4 is 0 Å². The highest BCUT2D eigenvalue weighted by molar-refractivity contribution is 6.76. The Morgan fingerprint density at radius 2 is 1.56 bits per heavy atom. The van der Waals surface area contributed by atoms with Gasteiger partial charge in [-0.15, -0.1) is 0 Å². The number of rotatable bonds is 13. The molecule has 9 nitrogen and oxygen atoms in total. The van der Waals surface area contributed by atoms with Crippen molar-refractivity contribution in [3.8, 4) is 0 Å². The van der Waals surface area contributed by atoms with Gasteiger partial charge in [-0.1, -0.05) is 39.5 Å². The molecule has 10 heteroatoms. The van der Waals surface area contributed by atoms with Gasteiger partial charge in [-0.25, -0.2) is 0 Å². The molecule has 1 aliphatic heterocycles. The predicted molar refractivity (Wildman–Crippen MR) is 136 cm³/mol. The third-order valence-corrected chi connectivity index (χ3v) is 8.29. The van der Waals surface area contributed by atoms with E-state index in [4.69, 9.17) is 14.2 Å². The quantitative estimate of drug-likeness (QED) is 0.161. The fraction of sp³-hybridized carbons (Fsp3) is 0.808. The normalized spacial score (nSPS) is 21.8. The van der Waals surface area contributed by atoms with Crippen LogP contribution in [0, 0.1) is 35.5 Å². The van der Waals surface area contributed by atoms with Crippen molar-refractivity contribution in [2.75, 3.05) is 7.11 Å². The number of hydrogen-bond acceptors (Lipinski definition) is 8. The van der Waals surface area contributed by atoms with E-state index in [0.29, 0.717) is 12.8 Å². The Balaban J connectivity index is 3.30. The first-order valence-electron chi connectivity index (χ1n) is 12.6. The average Bonchev–Trinajstić information content (AvgIpc) is 2.95. The molecular formula is C26H44O9Si. The molecule has 0 saturated carbocycles. The molecule has 0 aromatic rings. The molecule has 0 spiro atoms. The number of carboxylic acids is 1. The van der Waals surface area contributed by atoms with Crippen molar-refractivity contribution < 1.29 is 43.3 Å². The number of methoxy groups -OCH3 is 1. The molecule has 0 bridgehead atoms. The topological polar surface area (TPSA) is 133 Å². The first-order valence-corrected chi connectivity index (χ1v) is 16.3. The number of carbonyl (C=O) groups is 5. The summed E-state index contributed by atoms with van der Waals surface area (Å²) < 4.78 is 15.5. The SMILES string of the molecule is COC(=O)C(CC(C)C(=O)O)CC(CC(CC1C(=O)OC(=O)C1C)C[Si](C)(C)C)C(=O)OC(C)(C)C. The van der Waals surface area contributed by atoms with E-state index in [1.807, 2.05) is 0 Å². The van der Waals surface area contributed by atoms with Gasteiger partial charge in [-0.3, -0.25) is 24.0 Å². The summed E-state index contributed by atoms with van der Waals surface area (Å²) in [6.45, 7) is 15.0. The minimum absolute atomic E-state index is 0.0283. The summed E-state index contributed by atoms with van der Waals surface area (Å²) in [5.41, 5.74) is -0.755. The summed E-state index contributed by atoms with van der Waals surface area (Å²) >= 11 is 0.